The van der Waals surface area contributed by atoms with Crippen molar-refractivity contribution in [3.05, 3.63) is 71.6 Å². The van der Waals surface area contributed by atoms with Crippen molar-refractivity contribution >= 4 is 44.9 Å². The summed E-state index contributed by atoms with van der Waals surface area (Å²) in [7, 11) is 0. The Balaban J connectivity index is 1.55. The van der Waals surface area contributed by atoms with E-state index in [0.717, 1.165) is 37.6 Å². The van der Waals surface area contributed by atoms with Crippen LogP contribution in [0.5, 0.6) is 0 Å². The predicted molar refractivity (Wildman–Crippen MR) is 123 cm³/mol. The van der Waals surface area contributed by atoms with Crippen molar-refractivity contribution in [3.8, 4) is 11.1 Å². The molecule has 0 saturated heterocycles. The maximum Gasteiger partial charge on any atom is 0.234 e. The van der Waals surface area contributed by atoms with E-state index in [1.165, 1.54) is 41.6 Å². The van der Waals surface area contributed by atoms with Crippen LogP contribution in [0.2, 0.25) is 0 Å². The number of halogens is 1. The highest BCUT2D eigenvalue weighted by Gasteiger charge is 2.16. The molecule has 2 aromatic heterocycles. The second-order valence-electron chi connectivity index (χ2n) is 7.09. The van der Waals surface area contributed by atoms with Gasteiger partial charge in [0.25, 0.3) is 0 Å². The van der Waals surface area contributed by atoms with Crippen LogP contribution in [0, 0.1) is 5.82 Å². The molecule has 152 valence electrons. The molecule has 0 aliphatic heterocycles. The molecule has 4 aromatic rings. The number of thiophene rings is 1. The second-order valence-corrected chi connectivity index (χ2v) is 8.92. The van der Waals surface area contributed by atoms with Gasteiger partial charge < -0.3 is 5.32 Å². The number of hydrogen-bond acceptors (Lipinski definition) is 5. The zero-order valence-electron chi connectivity index (χ0n) is 16.6. The van der Waals surface area contributed by atoms with Gasteiger partial charge in [0.15, 0.2) is 0 Å². The van der Waals surface area contributed by atoms with Gasteiger partial charge in [-0.2, -0.15) is 0 Å². The number of anilines is 1. The molecule has 30 heavy (non-hydrogen) atoms. The Hall–Kier alpha value is -2.77. The van der Waals surface area contributed by atoms with Gasteiger partial charge in [0.1, 0.15) is 22.0 Å². The maximum atomic E-state index is 13.3. The van der Waals surface area contributed by atoms with E-state index in [-0.39, 0.29) is 17.5 Å². The summed E-state index contributed by atoms with van der Waals surface area (Å²) in [6.45, 7) is 4.20. The number of aromatic nitrogens is 2. The predicted octanol–water partition coefficient (Wildman–Crippen LogP) is 6.35. The van der Waals surface area contributed by atoms with Gasteiger partial charge >= 0.3 is 0 Å². The van der Waals surface area contributed by atoms with Crippen molar-refractivity contribution < 1.29 is 9.18 Å². The smallest absolute Gasteiger partial charge is 0.234 e. The van der Waals surface area contributed by atoms with Crippen LogP contribution in [0.3, 0.4) is 0 Å². The lowest BCUT2D eigenvalue weighted by atomic mass is 10.0. The largest absolute Gasteiger partial charge is 0.325 e. The van der Waals surface area contributed by atoms with Crippen LogP contribution in [0.4, 0.5) is 10.1 Å². The molecule has 4 nitrogen and oxygen atoms in total. The van der Waals surface area contributed by atoms with E-state index >= 15 is 0 Å². The normalized spacial score (nSPS) is 11.2. The summed E-state index contributed by atoms with van der Waals surface area (Å²) in [6.07, 6.45) is 1.52. The van der Waals surface area contributed by atoms with Crippen molar-refractivity contribution in [3.63, 3.8) is 0 Å². The number of carbonyl (C=O) groups excluding carboxylic acids is 1. The highest BCUT2D eigenvalue weighted by atomic mass is 32.2. The molecular formula is C23H20FN3OS2. The fraction of sp³-hybridized carbons (Fsp3) is 0.174. The first-order chi connectivity index (χ1) is 14.5. The molecule has 0 radical (unpaired) electrons. The summed E-state index contributed by atoms with van der Waals surface area (Å²) in [5.41, 5.74) is 3.79. The Morgan fingerprint density at radius 1 is 1.13 bits per heavy atom. The van der Waals surface area contributed by atoms with Gasteiger partial charge in [-0.05, 0) is 35.2 Å². The summed E-state index contributed by atoms with van der Waals surface area (Å²) < 4.78 is 13.3. The van der Waals surface area contributed by atoms with Crippen LogP contribution in [0.1, 0.15) is 25.3 Å². The van der Waals surface area contributed by atoms with E-state index in [4.69, 9.17) is 0 Å². The summed E-state index contributed by atoms with van der Waals surface area (Å²) in [5.74, 6) is 0.192. The molecule has 0 unspecified atom stereocenters. The highest BCUT2D eigenvalue weighted by molar-refractivity contribution is 8.00. The van der Waals surface area contributed by atoms with Gasteiger partial charge in [-0.25, -0.2) is 14.4 Å². The summed E-state index contributed by atoms with van der Waals surface area (Å²) in [5, 5.41) is 6.65. The summed E-state index contributed by atoms with van der Waals surface area (Å²) in [4.78, 5) is 22.2. The Labute approximate surface area is 182 Å². The van der Waals surface area contributed by atoms with Crippen LogP contribution in [-0.4, -0.2) is 21.6 Å². The minimum Gasteiger partial charge on any atom is -0.325 e. The number of nitrogens with zero attached hydrogens (tertiary/aromatic N) is 2. The monoisotopic (exact) mass is 437 g/mol. The van der Waals surface area contributed by atoms with Gasteiger partial charge in [0.2, 0.25) is 5.91 Å². The number of amides is 1. The highest BCUT2D eigenvalue weighted by Crippen LogP contribution is 2.38. The molecule has 1 N–H and O–H groups in total. The minimum absolute atomic E-state index is 0.0848. The Kier molecular flexibility index (Phi) is 6.11. The van der Waals surface area contributed by atoms with Gasteiger partial charge in [-0.1, -0.05) is 55.9 Å². The molecule has 0 bridgehead atoms. The summed E-state index contributed by atoms with van der Waals surface area (Å²) in [6, 6.07) is 14.2. The van der Waals surface area contributed by atoms with Crippen LogP contribution < -0.4 is 5.32 Å². The van der Waals surface area contributed by atoms with Crippen molar-refractivity contribution in [2.45, 2.75) is 24.8 Å². The lowest BCUT2D eigenvalue weighted by molar-refractivity contribution is -0.113. The van der Waals surface area contributed by atoms with Gasteiger partial charge in [0, 0.05) is 16.6 Å². The third kappa shape index (κ3) is 4.37. The van der Waals surface area contributed by atoms with E-state index in [0.29, 0.717) is 5.92 Å². The van der Waals surface area contributed by atoms with E-state index < -0.39 is 0 Å². The number of rotatable bonds is 6. The molecule has 0 spiro atoms. The average molecular weight is 438 g/mol. The molecule has 0 atom stereocenters. The Bertz CT molecular complexity index is 1190. The zero-order valence-corrected chi connectivity index (χ0v) is 18.2. The topological polar surface area (TPSA) is 54.9 Å². The van der Waals surface area contributed by atoms with Crippen molar-refractivity contribution in [2.24, 2.45) is 0 Å². The van der Waals surface area contributed by atoms with Crippen LogP contribution >= 0.6 is 23.1 Å². The van der Waals surface area contributed by atoms with E-state index in [2.05, 4.69) is 29.1 Å². The van der Waals surface area contributed by atoms with E-state index in [9.17, 15) is 9.18 Å². The lowest BCUT2D eigenvalue weighted by Crippen LogP contribution is -2.15. The number of benzene rings is 2. The maximum absolute atomic E-state index is 13.3. The fourth-order valence-electron chi connectivity index (χ4n) is 3.23. The Morgan fingerprint density at radius 3 is 2.67 bits per heavy atom. The van der Waals surface area contributed by atoms with Gasteiger partial charge in [-0.3, -0.25) is 4.79 Å². The molecule has 2 heterocycles. The molecule has 0 aliphatic carbocycles. The fourth-order valence-corrected chi connectivity index (χ4v) is 5.03. The number of thioether (sulfide) groups is 1. The number of para-hydroxylation sites is 1. The minimum atomic E-state index is -0.275. The van der Waals surface area contributed by atoms with E-state index in [1.807, 2.05) is 29.6 Å². The standard InChI is InChI=1S/C23H20FN3OS2/c1-14(2)17-5-3-4-6-19(17)27-20(28)12-30-23-21-18(11-29-22(21)25-13-26-23)15-7-9-16(24)10-8-15/h3-11,13-14H,12H2,1-2H3,(H,27,28). The molecule has 0 saturated carbocycles. The molecule has 4 rings (SSSR count). The van der Waals surface area contributed by atoms with Crippen LogP contribution in [-0.2, 0) is 4.79 Å². The summed E-state index contributed by atoms with van der Waals surface area (Å²) >= 11 is 2.89. The van der Waals surface area contributed by atoms with Gasteiger partial charge in [-0.15, -0.1) is 11.3 Å². The van der Waals surface area contributed by atoms with Crippen LogP contribution in [0.25, 0.3) is 21.3 Å². The van der Waals surface area contributed by atoms with Crippen LogP contribution in [0.15, 0.2) is 65.3 Å². The first kappa shape index (κ1) is 20.5. The molecule has 1 amide bonds. The SMILES string of the molecule is CC(C)c1ccccc1NC(=O)CSc1ncnc2scc(-c3ccc(F)cc3)c12. The average Bonchev–Trinajstić information content (AvgIpc) is 3.18. The quantitative estimate of drug-likeness (QED) is 0.282. The Morgan fingerprint density at radius 2 is 1.90 bits per heavy atom. The molecule has 7 heteroatoms. The van der Waals surface area contributed by atoms with Gasteiger partial charge in [0.05, 0.1) is 11.1 Å². The molecule has 2 aromatic carbocycles. The van der Waals surface area contributed by atoms with Crippen molar-refractivity contribution in [1.29, 1.82) is 0 Å². The number of nitrogens with one attached hydrogen (secondary N) is 1. The van der Waals surface area contributed by atoms with E-state index in [1.54, 1.807) is 12.1 Å². The first-order valence-corrected chi connectivity index (χ1v) is 11.4. The molecule has 0 fully saturated rings. The van der Waals surface area contributed by atoms with Crippen molar-refractivity contribution in [2.75, 3.05) is 11.1 Å². The number of carbonyl (C=O) groups is 1. The zero-order chi connectivity index (χ0) is 21.1. The number of fused-ring (bicyclic) bond motifs is 1. The van der Waals surface area contributed by atoms with Crippen molar-refractivity contribution in [1.82, 2.24) is 9.97 Å². The molecular weight excluding hydrogens is 417 g/mol. The number of hydrogen-bond donors (Lipinski definition) is 1. The third-order valence-corrected chi connectivity index (χ3v) is 6.56. The molecule has 0 aliphatic rings. The first-order valence-electron chi connectivity index (χ1n) is 9.52. The lowest BCUT2D eigenvalue weighted by Gasteiger charge is -2.13. The second kappa shape index (κ2) is 8.93. The third-order valence-electron chi connectivity index (χ3n) is 4.69.